The molecule has 3 aromatic rings. The van der Waals surface area contributed by atoms with Crippen LogP contribution in [0.4, 0.5) is 10.1 Å². The predicted molar refractivity (Wildman–Crippen MR) is 121 cm³/mol. The van der Waals surface area contributed by atoms with Crippen molar-refractivity contribution in [1.82, 2.24) is 0 Å². The van der Waals surface area contributed by atoms with Crippen molar-refractivity contribution in [3.05, 3.63) is 81.2 Å². The number of hydrogen-bond acceptors (Lipinski definition) is 4. The first-order valence-corrected chi connectivity index (χ1v) is 10.3. The molecule has 146 valence electrons. The Morgan fingerprint density at radius 1 is 1.14 bits per heavy atom. The molecule has 0 radical (unpaired) electrons. The number of thioether (sulfide) groups is 1. The second-order valence-electron chi connectivity index (χ2n) is 6.64. The number of benzene rings is 2. The molecule has 4 rings (SSSR count). The predicted octanol–water partition coefficient (Wildman–Crippen LogP) is 6.76. The molecule has 0 N–H and O–H groups in total. The summed E-state index contributed by atoms with van der Waals surface area (Å²) in [4.78, 5) is 15.0. The Bertz CT molecular complexity index is 1190. The molecular weight excluding hydrogens is 429 g/mol. The van der Waals surface area contributed by atoms with E-state index in [1.54, 1.807) is 29.2 Å². The first-order chi connectivity index (χ1) is 13.8. The Morgan fingerprint density at radius 2 is 1.93 bits per heavy atom. The van der Waals surface area contributed by atoms with Gasteiger partial charge in [-0.15, -0.1) is 0 Å². The average molecular weight is 444 g/mol. The first-order valence-electron chi connectivity index (χ1n) is 8.74. The van der Waals surface area contributed by atoms with Gasteiger partial charge in [0.05, 0.1) is 15.6 Å². The molecule has 2 heterocycles. The summed E-state index contributed by atoms with van der Waals surface area (Å²) in [6, 6.07) is 13.7. The topological polar surface area (TPSA) is 33.5 Å². The number of furan rings is 1. The SMILES string of the molecule is Cc1ccc(N2C(=O)/C(=C\c3ccc(-c4ccc(F)c(Cl)c4)o3)SC2=S)c(C)c1. The van der Waals surface area contributed by atoms with Crippen molar-refractivity contribution < 1.29 is 13.6 Å². The van der Waals surface area contributed by atoms with Crippen molar-refractivity contribution in [1.29, 1.82) is 0 Å². The van der Waals surface area contributed by atoms with Crippen LogP contribution in [-0.4, -0.2) is 10.2 Å². The third-order valence-electron chi connectivity index (χ3n) is 4.49. The summed E-state index contributed by atoms with van der Waals surface area (Å²) in [6.07, 6.45) is 1.66. The van der Waals surface area contributed by atoms with Crippen molar-refractivity contribution in [2.75, 3.05) is 4.90 Å². The van der Waals surface area contributed by atoms with E-state index in [9.17, 15) is 9.18 Å². The fraction of sp³-hybridized carbons (Fsp3) is 0.0909. The molecule has 1 aliphatic rings. The molecule has 0 atom stereocenters. The fourth-order valence-electron chi connectivity index (χ4n) is 3.10. The lowest BCUT2D eigenvalue weighted by Gasteiger charge is -2.17. The van der Waals surface area contributed by atoms with Crippen LogP contribution >= 0.6 is 35.6 Å². The van der Waals surface area contributed by atoms with E-state index in [1.165, 1.54) is 23.9 Å². The maximum Gasteiger partial charge on any atom is 0.270 e. The number of anilines is 1. The zero-order valence-electron chi connectivity index (χ0n) is 15.5. The van der Waals surface area contributed by atoms with Crippen LogP contribution in [0, 0.1) is 19.7 Å². The van der Waals surface area contributed by atoms with Crippen LogP contribution in [0.25, 0.3) is 17.4 Å². The summed E-state index contributed by atoms with van der Waals surface area (Å²) in [5.41, 5.74) is 3.54. The molecule has 3 nitrogen and oxygen atoms in total. The Morgan fingerprint density at radius 3 is 2.66 bits per heavy atom. The molecule has 1 saturated heterocycles. The van der Waals surface area contributed by atoms with Crippen LogP contribution in [0.5, 0.6) is 0 Å². The molecule has 1 aromatic heterocycles. The number of aryl methyl sites for hydroxylation is 2. The van der Waals surface area contributed by atoms with Gasteiger partial charge >= 0.3 is 0 Å². The monoisotopic (exact) mass is 443 g/mol. The molecule has 1 fully saturated rings. The molecule has 0 spiro atoms. The number of nitrogens with zero attached hydrogens (tertiary/aromatic N) is 1. The van der Waals surface area contributed by atoms with E-state index in [2.05, 4.69) is 0 Å². The van der Waals surface area contributed by atoms with E-state index in [-0.39, 0.29) is 10.9 Å². The van der Waals surface area contributed by atoms with Crippen LogP contribution in [0.15, 0.2) is 57.9 Å². The maximum absolute atomic E-state index is 13.4. The summed E-state index contributed by atoms with van der Waals surface area (Å²) in [5, 5.41) is 0.0230. The van der Waals surface area contributed by atoms with Crippen molar-refractivity contribution in [3.8, 4) is 11.3 Å². The minimum Gasteiger partial charge on any atom is -0.457 e. The smallest absolute Gasteiger partial charge is 0.270 e. The molecule has 0 aliphatic carbocycles. The zero-order chi connectivity index (χ0) is 20.7. The van der Waals surface area contributed by atoms with Gasteiger partial charge in [-0.1, -0.05) is 53.3 Å². The molecule has 1 amide bonds. The van der Waals surface area contributed by atoms with E-state index >= 15 is 0 Å². The van der Waals surface area contributed by atoms with Gasteiger partial charge in [0, 0.05) is 11.6 Å². The normalized spacial score (nSPS) is 15.6. The van der Waals surface area contributed by atoms with Gasteiger partial charge in [-0.25, -0.2) is 4.39 Å². The number of amides is 1. The van der Waals surface area contributed by atoms with Crippen LogP contribution in [0.2, 0.25) is 5.02 Å². The molecular formula is C22H15ClFNO2S2. The highest BCUT2D eigenvalue weighted by atomic mass is 35.5. The lowest BCUT2D eigenvalue weighted by molar-refractivity contribution is -0.113. The molecule has 0 bridgehead atoms. The number of rotatable bonds is 3. The summed E-state index contributed by atoms with van der Waals surface area (Å²) >= 11 is 12.5. The van der Waals surface area contributed by atoms with Gasteiger partial charge in [0.25, 0.3) is 5.91 Å². The maximum atomic E-state index is 13.4. The van der Waals surface area contributed by atoms with Gasteiger partial charge in [-0.2, -0.15) is 0 Å². The number of hydrogen-bond donors (Lipinski definition) is 0. The Labute approximate surface area is 182 Å². The molecule has 0 saturated carbocycles. The molecule has 2 aromatic carbocycles. The highest BCUT2D eigenvalue weighted by Gasteiger charge is 2.34. The third-order valence-corrected chi connectivity index (χ3v) is 6.08. The fourth-order valence-corrected chi connectivity index (χ4v) is 4.54. The largest absolute Gasteiger partial charge is 0.457 e. The van der Waals surface area contributed by atoms with Gasteiger partial charge in [0.1, 0.15) is 17.3 Å². The van der Waals surface area contributed by atoms with Gasteiger partial charge in [-0.05, 0) is 55.8 Å². The second kappa shape index (κ2) is 7.78. The lowest BCUT2D eigenvalue weighted by atomic mass is 10.1. The summed E-state index contributed by atoms with van der Waals surface area (Å²) in [5.74, 6) is 0.358. The van der Waals surface area contributed by atoms with E-state index in [1.807, 2.05) is 32.0 Å². The molecule has 0 unspecified atom stereocenters. The van der Waals surface area contributed by atoms with Crippen molar-refractivity contribution in [2.24, 2.45) is 0 Å². The second-order valence-corrected chi connectivity index (χ2v) is 8.72. The van der Waals surface area contributed by atoms with Gasteiger partial charge < -0.3 is 4.42 Å². The Balaban J connectivity index is 1.62. The highest BCUT2D eigenvalue weighted by molar-refractivity contribution is 8.27. The number of halogens is 2. The summed E-state index contributed by atoms with van der Waals surface area (Å²) < 4.78 is 19.7. The number of thiocarbonyl (C=S) groups is 1. The van der Waals surface area contributed by atoms with E-state index in [4.69, 9.17) is 28.2 Å². The third kappa shape index (κ3) is 3.88. The summed E-state index contributed by atoms with van der Waals surface area (Å²) in [7, 11) is 0. The van der Waals surface area contributed by atoms with Crippen LogP contribution < -0.4 is 4.90 Å². The van der Waals surface area contributed by atoms with Crippen LogP contribution in [0.1, 0.15) is 16.9 Å². The zero-order valence-corrected chi connectivity index (χ0v) is 17.9. The first kappa shape index (κ1) is 19.9. The van der Waals surface area contributed by atoms with Gasteiger partial charge in [-0.3, -0.25) is 9.69 Å². The quantitative estimate of drug-likeness (QED) is 0.330. The minimum atomic E-state index is -0.489. The van der Waals surface area contributed by atoms with Crippen molar-refractivity contribution in [3.63, 3.8) is 0 Å². The number of carbonyl (C=O) groups is 1. The van der Waals surface area contributed by atoms with E-state index in [0.717, 1.165) is 16.8 Å². The molecule has 7 heteroatoms. The standard InChI is InChI=1S/C22H15ClFNO2S2/c1-12-3-7-18(13(2)9-12)25-21(26)20(29-22(25)28)11-15-5-8-19(27-15)14-4-6-17(24)16(23)10-14/h3-11H,1-2H3/b20-11+. The van der Waals surface area contributed by atoms with Gasteiger partial charge in [0.2, 0.25) is 0 Å². The van der Waals surface area contributed by atoms with Crippen LogP contribution in [-0.2, 0) is 4.79 Å². The summed E-state index contributed by atoms with van der Waals surface area (Å²) in [6.45, 7) is 3.96. The highest BCUT2D eigenvalue weighted by Crippen LogP contribution is 2.38. The minimum absolute atomic E-state index is 0.0230. The van der Waals surface area contributed by atoms with E-state index < -0.39 is 5.82 Å². The molecule has 1 aliphatic heterocycles. The lowest BCUT2D eigenvalue weighted by Crippen LogP contribution is -2.28. The Hall–Kier alpha value is -2.41. The number of carbonyl (C=O) groups excluding carboxylic acids is 1. The Kier molecular flexibility index (Phi) is 5.34. The van der Waals surface area contributed by atoms with E-state index in [0.29, 0.717) is 26.3 Å². The van der Waals surface area contributed by atoms with Crippen molar-refractivity contribution in [2.45, 2.75) is 13.8 Å². The van der Waals surface area contributed by atoms with Gasteiger partial charge in [0.15, 0.2) is 4.32 Å². The van der Waals surface area contributed by atoms with Crippen LogP contribution in [0.3, 0.4) is 0 Å². The van der Waals surface area contributed by atoms with Crippen molar-refractivity contribution >= 4 is 57.6 Å². The molecule has 29 heavy (non-hydrogen) atoms. The average Bonchev–Trinajstić information content (AvgIpc) is 3.23.